The highest BCUT2D eigenvalue weighted by Crippen LogP contribution is 2.36. The number of fused-ring (bicyclic) bond motifs is 3. The Morgan fingerprint density at radius 3 is 2.47 bits per heavy atom. The second-order valence-corrected chi connectivity index (χ2v) is 11.1. The normalized spacial score (nSPS) is 15.1. The molecule has 6 aromatic rings. The first-order valence-corrected chi connectivity index (χ1v) is 14.6. The fraction of sp³-hybridized carbons (Fsp3) is 0.0769. The van der Waals surface area contributed by atoms with Crippen LogP contribution in [0.2, 0.25) is 0 Å². The van der Waals surface area contributed by atoms with E-state index in [0.717, 1.165) is 56.7 Å². The smallest absolute Gasteiger partial charge is 0.119 e. The number of aliphatic hydroxyl groups is 1. The van der Waals surface area contributed by atoms with Crippen LogP contribution >= 0.6 is 0 Å². The van der Waals surface area contributed by atoms with Gasteiger partial charge in [0.05, 0.1) is 22.4 Å². The number of nitrogens with one attached hydrogen (secondary N) is 1. The molecule has 1 unspecified atom stereocenters. The predicted octanol–water partition coefficient (Wildman–Crippen LogP) is 9.82. The van der Waals surface area contributed by atoms with Crippen molar-refractivity contribution in [2.24, 2.45) is 10.9 Å². The van der Waals surface area contributed by atoms with Gasteiger partial charge in [0.1, 0.15) is 5.76 Å². The van der Waals surface area contributed by atoms with Crippen molar-refractivity contribution < 1.29 is 5.11 Å². The Balaban J connectivity index is 1.31. The Labute approximate surface area is 251 Å². The van der Waals surface area contributed by atoms with E-state index in [0.29, 0.717) is 17.4 Å². The van der Waals surface area contributed by atoms with E-state index in [1.165, 1.54) is 10.8 Å². The fourth-order valence-corrected chi connectivity index (χ4v) is 5.95. The van der Waals surface area contributed by atoms with Crippen LogP contribution in [0, 0.1) is 11.3 Å². The van der Waals surface area contributed by atoms with E-state index >= 15 is 0 Å². The lowest BCUT2D eigenvalue weighted by Gasteiger charge is -2.16. The topological polar surface area (TPSA) is 61.4 Å². The number of aromatic nitrogens is 1. The zero-order valence-electron chi connectivity index (χ0n) is 23.9. The number of para-hydroxylation sites is 2. The maximum atomic E-state index is 10.7. The molecule has 0 saturated heterocycles. The summed E-state index contributed by atoms with van der Waals surface area (Å²) in [4.78, 5) is 4.84. The van der Waals surface area contributed by atoms with Crippen LogP contribution in [0.25, 0.3) is 33.1 Å². The first kappa shape index (κ1) is 26.4. The molecule has 0 amide bonds. The molecule has 0 radical (unpaired) electrons. The molecule has 7 rings (SSSR count). The van der Waals surface area contributed by atoms with Gasteiger partial charge in [0.2, 0.25) is 0 Å². The van der Waals surface area contributed by atoms with E-state index < -0.39 is 0 Å². The number of hydrogen-bond donors (Lipinski definition) is 2. The number of aliphatic imine (C=N–C) groups is 1. The van der Waals surface area contributed by atoms with Gasteiger partial charge in [-0.3, -0.25) is 10.4 Å². The number of aliphatic hydroxyl groups excluding tert-OH is 1. The molecule has 0 aliphatic heterocycles. The average Bonchev–Trinajstić information content (AvgIpc) is 3.39. The van der Waals surface area contributed by atoms with Gasteiger partial charge in [0.25, 0.3) is 0 Å². The van der Waals surface area contributed by atoms with Crippen molar-refractivity contribution in [3.8, 4) is 5.69 Å². The third-order valence-electron chi connectivity index (χ3n) is 8.11. The molecular formula is C39H31N3O. The van der Waals surface area contributed by atoms with E-state index in [-0.39, 0.29) is 0 Å². The number of benzene rings is 5. The first-order chi connectivity index (χ1) is 21.1. The van der Waals surface area contributed by atoms with E-state index in [1.807, 2.05) is 66.9 Å². The molecule has 1 aliphatic carbocycles. The molecule has 43 heavy (non-hydrogen) atoms. The van der Waals surface area contributed by atoms with Crippen LogP contribution in [0.3, 0.4) is 0 Å². The highest BCUT2D eigenvalue weighted by atomic mass is 16.3. The maximum Gasteiger partial charge on any atom is 0.119 e. The predicted molar refractivity (Wildman–Crippen MR) is 179 cm³/mol. The number of rotatable bonds is 6. The maximum absolute atomic E-state index is 10.7. The second kappa shape index (κ2) is 11.1. The lowest BCUT2D eigenvalue weighted by atomic mass is 9.91. The van der Waals surface area contributed by atoms with Crippen LogP contribution in [-0.4, -0.2) is 21.6 Å². The molecule has 1 heterocycles. The monoisotopic (exact) mass is 557 g/mol. The molecule has 0 spiro atoms. The molecule has 1 atom stereocenters. The van der Waals surface area contributed by atoms with Crippen molar-refractivity contribution in [1.82, 2.24) is 4.57 Å². The molecule has 1 aromatic heterocycles. The molecule has 4 nitrogen and oxygen atoms in total. The molecule has 0 saturated carbocycles. The van der Waals surface area contributed by atoms with Crippen LogP contribution < -0.4 is 0 Å². The quantitative estimate of drug-likeness (QED) is 0.197. The summed E-state index contributed by atoms with van der Waals surface area (Å²) in [6.07, 6.45) is 6.80. The summed E-state index contributed by atoms with van der Waals surface area (Å²) >= 11 is 0. The second-order valence-electron chi connectivity index (χ2n) is 11.1. The van der Waals surface area contributed by atoms with Crippen molar-refractivity contribution in [3.05, 3.63) is 161 Å². The molecule has 1 aliphatic rings. The highest BCUT2D eigenvalue weighted by molar-refractivity contribution is 6.14. The molecular weight excluding hydrogens is 526 g/mol. The first-order valence-electron chi connectivity index (χ1n) is 14.6. The van der Waals surface area contributed by atoms with Gasteiger partial charge in [0, 0.05) is 39.4 Å². The van der Waals surface area contributed by atoms with Crippen LogP contribution in [0.5, 0.6) is 0 Å². The number of nitrogens with zero attached hydrogens (tertiary/aromatic N) is 2. The summed E-state index contributed by atoms with van der Waals surface area (Å²) in [6, 6.07) is 40.9. The molecule has 0 bridgehead atoms. The van der Waals surface area contributed by atoms with E-state index in [9.17, 15) is 5.11 Å². The zero-order chi connectivity index (χ0) is 29.3. The van der Waals surface area contributed by atoms with Gasteiger partial charge >= 0.3 is 0 Å². The van der Waals surface area contributed by atoms with Crippen LogP contribution in [0.15, 0.2) is 144 Å². The molecule has 0 fully saturated rings. The summed E-state index contributed by atoms with van der Waals surface area (Å²) < 4.78 is 2.29. The van der Waals surface area contributed by atoms with Crippen LogP contribution in [0.1, 0.15) is 35.6 Å². The summed E-state index contributed by atoms with van der Waals surface area (Å²) in [5.74, 6) is 0.726. The summed E-state index contributed by atoms with van der Waals surface area (Å²) in [5, 5.41) is 21.8. The molecule has 4 heteroatoms. The van der Waals surface area contributed by atoms with Crippen molar-refractivity contribution in [2.45, 2.75) is 13.3 Å². The Morgan fingerprint density at radius 1 is 0.814 bits per heavy atom. The fourth-order valence-electron chi connectivity index (χ4n) is 5.95. The summed E-state index contributed by atoms with van der Waals surface area (Å²) in [7, 11) is 0. The lowest BCUT2D eigenvalue weighted by molar-refractivity contribution is 0.428. The van der Waals surface area contributed by atoms with Crippen LogP contribution in [0.4, 0.5) is 5.69 Å². The Morgan fingerprint density at radius 2 is 1.58 bits per heavy atom. The van der Waals surface area contributed by atoms with E-state index in [1.54, 1.807) is 0 Å². The zero-order valence-corrected chi connectivity index (χ0v) is 23.9. The minimum atomic E-state index is 0.346. The highest BCUT2D eigenvalue weighted by Gasteiger charge is 2.18. The van der Waals surface area contributed by atoms with Gasteiger partial charge in [-0.1, -0.05) is 104 Å². The minimum Gasteiger partial charge on any atom is -0.508 e. The van der Waals surface area contributed by atoms with Gasteiger partial charge in [-0.15, -0.1) is 0 Å². The SMILES string of the molecule is CC1C=C(c2ccc3c4ccccc4n(-c4cccc(/C=N/c5ccccc5C(=N)c5ccccc5)c4)c3c2)C(O)=CC1. The van der Waals surface area contributed by atoms with Gasteiger partial charge in [-0.05, 0) is 59.9 Å². The lowest BCUT2D eigenvalue weighted by Crippen LogP contribution is -2.01. The number of hydrogen-bond acceptors (Lipinski definition) is 3. The van der Waals surface area contributed by atoms with Crippen molar-refractivity contribution in [2.75, 3.05) is 0 Å². The van der Waals surface area contributed by atoms with Crippen molar-refractivity contribution >= 4 is 45.0 Å². The Kier molecular flexibility index (Phi) is 6.80. The minimum absolute atomic E-state index is 0.346. The van der Waals surface area contributed by atoms with Gasteiger partial charge < -0.3 is 9.67 Å². The average molecular weight is 558 g/mol. The number of allylic oxidation sites excluding steroid dienone is 3. The Bertz CT molecular complexity index is 2100. The van der Waals surface area contributed by atoms with Crippen molar-refractivity contribution in [1.29, 1.82) is 5.41 Å². The third-order valence-corrected chi connectivity index (χ3v) is 8.11. The standard InChI is InChI=1S/C39H31N3O/c1-26-18-21-38(43)34(22-26)29-19-20-32-31-14-6-8-17-36(31)42(37(32)24-29)30-13-9-10-27(23-30)25-41-35-16-7-5-15-33(35)39(40)28-11-3-2-4-12-28/h2-17,19-26,40,43H,18H2,1H3/b40-39?,41-25+. The van der Waals surface area contributed by atoms with Gasteiger partial charge in [0.15, 0.2) is 0 Å². The van der Waals surface area contributed by atoms with Crippen molar-refractivity contribution in [3.63, 3.8) is 0 Å². The Hall–Kier alpha value is -5.48. The van der Waals surface area contributed by atoms with Gasteiger partial charge in [-0.2, -0.15) is 0 Å². The van der Waals surface area contributed by atoms with E-state index in [2.05, 4.69) is 84.3 Å². The largest absolute Gasteiger partial charge is 0.508 e. The summed E-state index contributed by atoms with van der Waals surface area (Å²) in [6.45, 7) is 2.18. The third kappa shape index (κ3) is 4.98. The summed E-state index contributed by atoms with van der Waals surface area (Å²) in [5.41, 5.74) is 8.95. The van der Waals surface area contributed by atoms with E-state index in [4.69, 9.17) is 10.4 Å². The van der Waals surface area contributed by atoms with Crippen LogP contribution in [-0.2, 0) is 0 Å². The molecule has 208 valence electrons. The molecule has 2 N–H and O–H groups in total. The molecule has 5 aromatic carbocycles. The van der Waals surface area contributed by atoms with Gasteiger partial charge in [-0.25, -0.2) is 0 Å².